The Kier molecular flexibility index (Phi) is 2.00. The van der Waals surface area contributed by atoms with E-state index in [1.165, 1.54) is 17.7 Å². The Morgan fingerprint density at radius 3 is 2.94 bits per heavy atom. The van der Waals surface area contributed by atoms with E-state index in [-0.39, 0.29) is 5.56 Å². The largest absolute Gasteiger partial charge is 0.311 e. The maximum Gasteiger partial charge on any atom is 0.278 e. The highest BCUT2D eigenvalue weighted by atomic mass is 32.1. The minimum atomic E-state index is -0.219. The average Bonchev–Trinajstić information content (AvgIpc) is 2.76. The van der Waals surface area contributed by atoms with Crippen LogP contribution in [0.3, 0.4) is 0 Å². The van der Waals surface area contributed by atoms with Crippen molar-refractivity contribution >= 4 is 21.7 Å². The fraction of sp³-hybridized carbons (Fsp3) is 0. The molecule has 0 saturated heterocycles. The predicted octanol–water partition coefficient (Wildman–Crippen LogP) is 1.44. The Hall–Kier alpha value is -2.08. The first-order valence-corrected chi connectivity index (χ1v) is 5.42. The fourth-order valence-corrected chi connectivity index (χ4v) is 2.25. The topological polar surface area (TPSA) is 71.5 Å². The van der Waals surface area contributed by atoms with Gasteiger partial charge in [0, 0.05) is 6.20 Å². The molecule has 78 valence electrons. The van der Waals surface area contributed by atoms with Crippen molar-refractivity contribution in [3.05, 3.63) is 41.1 Å². The highest BCUT2D eigenvalue weighted by Crippen LogP contribution is 2.24. The van der Waals surface area contributed by atoms with E-state index in [0.717, 1.165) is 5.69 Å². The van der Waals surface area contributed by atoms with E-state index in [0.29, 0.717) is 15.4 Å². The van der Waals surface area contributed by atoms with Crippen molar-refractivity contribution in [3.8, 4) is 10.7 Å². The number of aromatic amines is 1. The van der Waals surface area contributed by atoms with Crippen LogP contribution in [0.5, 0.6) is 0 Å². The van der Waals surface area contributed by atoms with Gasteiger partial charge >= 0.3 is 0 Å². The van der Waals surface area contributed by atoms with Crippen LogP contribution in [0.1, 0.15) is 0 Å². The molecule has 5 nitrogen and oxygen atoms in total. The summed E-state index contributed by atoms with van der Waals surface area (Å²) in [6, 6.07) is 5.57. The van der Waals surface area contributed by atoms with Gasteiger partial charge in [-0.2, -0.15) is 0 Å². The summed E-state index contributed by atoms with van der Waals surface area (Å²) in [4.78, 5) is 27.1. The minimum Gasteiger partial charge on any atom is -0.311 e. The van der Waals surface area contributed by atoms with Crippen molar-refractivity contribution in [2.75, 3.05) is 0 Å². The van der Waals surface area contributed by atoms with Gasteiger partial charge < -0.3 is 4.98 Å². The molecule has 3 aromatic heterocycles. The summed E-state index contributed by atoms with van der Waals surface area (Å²) < 4.78 is 0. The molecule has 6 heteroatoms. The van der Waals surface area contributed by atoms with E-state index in [9.17, 15) is 4.79 Å². The molecule has 0 saturated carbocycles. The van der Waals surface area contributed by atoms with Gasteiger partial charge in [0.05, 0.1) is 12.0 Å². The second-order valence-corrected chi connectivity index (χ2v) is 4.10. The van der Waals surface area contributed by atoms with E-state index in [1.54, 1.807) is 6.20 Å². The normalized spacial score (nSPS) is 10.8. The quantitative estimate of drug-likeness (QED) is 0.686. The van der Waals surface area contributed by atoms with Gasteiger partial charge in [-0.25, -0.2) is 9.97 Å². The molecule has 0 aliphatic rings. The molecule has 3 rings (SSSR count). The summed E-state index contributed by atoms with van der Waals surface area (Å²) in [7, 11) is 0. The van der Waals surface area contributed by atoms with E-state index in [1.807, 2.05) is 18.2 Å². The van der Waals surface area contributed by atoms with E-state index >= 15 is 0 Å². The molecule has 0 aliphatic carbocycles. The lowest BCUT2D eigenvalue weighted by atomic mass is 10.4. The second kappa shape index (κ2) is 3.49. The van der Waals surface area contributed by atoms with Crippen molar-refractivity contribution in [1.29, 1.82) is 0 Å². The van der Waals surface area contributed by atoms with Crippen molar-refractivity contribution in [3.63, 3.8) is 0 Å². The van der Waals surface area contributed by atoms with Crippen molar-refractivity contribution in [2.45, 2.75) is 0 Å². The van der Waals surface area contributed by atoms with Gasteiger partial charge in [-0.1, -0.05) is 17.4 Å². The lowest BCUT2D eigenvalue weighted by molar-refractivity contribution is 1.16. The van der Waals surface area contributed by atoms with Gasteiger partial charge in [0.1, 0.15) is 5.01 Å². The zero-order chi connectivity index (χ0) is 11.0. The third-order valence-corrected chi connectivity index (χ3v) is 3.07. The van der Waals surface area contributed by atoms with Crippen molar-refractivity contribution in [2.24, 2.45) is 0 Å². The molecule has 0 aromatic carbocycles. The van der Waals surface area contributed by atoms with Crippen LogP contribution in [0.2, 0.25) is 0 Å². The Morgan fingerprint density at radius 1 is 1.25 bits per heavy atom. The van der Waals surface area contributed by atoms with Crippen LogP contribution < -0.4 is 5.56 Å². The second-order valence-electron chi connectivity index (χ2n) is 3.12. The van der Waals surface area contributed by atoms with Gasteiger partial charge in [-0.15, -0.1) is 0 Å². The number of thiazole rings is 1. The summed E-state index contributed by atoms with van der Waals surface area (Å²) in [6.07, 6.45) is 3.07. The molecule has 3 aromatic rings. The molecule has 0 amide bonds. The Labute approximate surface area is 93.9 Å². The first-order valence-electron chi connectivity index (χ1n) is 4.60. The van der Waals surface area contributed by atoms with Gasteiger partial charge in [0.25, 0.3) is 5.56 Å². The summed E-state index contributed by atoms with van der Waals surface area (Å²) >= 11 is 1.36. The number of rotatable bonds is 1. The van der Waals surface area contributed by atoms with Crippen LogP contribution in [0.4, 0.5) is 0 Å². The van der Waals surface area contributed by atoms with Crippen molar-refractivity contribution < 1.29 is 0 Å². The molecular weight excluding hydrogens is 224 g/mol. The Balaban J connectivity index is 2.28. The molecule has 0 radical (unpaired) electrons. The Bertz CT molecular complexity index is 689. The van der Waals surface area contributed by atoms with Crippen LogP contribution in [0, 0.1) is 0 Å². The average molecular weight is 230 g/mol. The number of nitrogens with one attached hydrogen (secondary N) is 1. The number of aromatic nitrogens is 4. The lowest BCUT2D eigenvalue weighted by Crippen LogP contribution is -2.05. The third-order valence-electron chi connectivity index (χ3n) is 2.09. The lowest BCUT2D eigenvalue weighted by Gasteiger charge is -1.90. The number of nitrogens with zero attached hydrogens (tertiary/aromatic N) is 3. The maximum absolute atomic E-state index is 11.5. The van der Waals surface area contributed by atoms with Gasteiger partial charge in [-0.05, 0) is 12.1 Å². The van der Waals surface area contributed by atoms with Crippen molar-refractivity contribution in [1.82, 2.24) is 19.9 Å². The standard InChI is InChI=1S/C10H6N4OS/c15-8-7-10(13-5-12-8)16-9(14-7)6-3-1-2-4-11-6/h1-5H,(H,12,13,15). The number of fused-ring (bicyclic) bond motifs is 1. The van der Waals surface area contributed by atoms with Crippen LogP contribution in [-0.4, -0.2) is 19.9 Å². The first-order chi connectivity index (χ1) is 7.84. The van der Waals surface area contributed by atoms with Crippen LogP contribution in [0.15, 0.2) is 35.5 Å². The van der Waals surface area contributed by atoms with E-state index in [2.05, 4.69) is 19.9 Å². The molecule has 3 heterocycles. The maximum atomic E-state index is 11.5. The summed E-state index contributed by atoms with van der Waals surface area (Å²) in [5, 5.41) is 0.708. The molecular formula is C10H6N4OS. The molecule has 0 fully saturated rings. The smallest absolute Gasteiger partial charge is 0.278 e. The zero-order valence-electron chi connectivity index (χ0n) is 8.04. The third kappa shape index (κ3) is 1.40. The highest BCUT2D eigenvalue weighted by molar-refractivity contribution is 7.21. The summed E-state index contributed by atoms with van der Waals surface area (Å²) in [5.74, 6) is 0. The van der Waals surface area contributed by atoms with Gasteiger partial charge in [0.2, 0.25) is 0 Å². The number of hydrogen-bond donors (Lipinski definition) is 1. The zero-order valence-corrected chi connectivity index (χ0v) is 8.86. The molecule has 16 heavy (non-hydrogen) atoms. The summed E-state index contributed by atoms with van der Waals surface area (Å²) in [6.45, 7) is 0. The van der Waals surface area contributed by atoms with Gasteiger partial charge in [-0.3, -0.25) is 9.78 Å². The SMILES string of the molecule is O=c1[nH]cnc2sc(-c3ccccn3)nc12. The first kappa shape index (κ1) is 9.17. The summed E-state index contributed by atoms with van der Waals surface area (Å²) in [5.41, 5.74) is 0.904. The fourth-order valence-electron chi connectivity index (χ4n) is 1.36. The number of hydrogen-bond acceptors (Lipinski definition) is 5. The predicted molar refractivity (Wildman–Crippen MR) is 61.3 cm³/mol. The minimum absolute atomic E-state index is 0.219. The molecule has 0 atom stereocenters. The highest BCUT2D eigenvalue weighted by Gasteiger charge is 2.09. The van der Waals surface area contributed by atoms with E-state index in [4.69, 9.17) is 0 Å². The molecule has 0 aliphatic heterocycles. The molecule has 1 N–H and O–H groups in total. The number of H-pyrrole nitrogens is 1. The van der Waals surface area contributed by atoms with Crippen LogP contribution in [0.25, 0.3) is 21.0 Å². The molecule has 0 unspecified atom stereocenters. The van der Waals surface area contributed by atoms with Crippen LogP contribution >= 0.6 is 11.3 Å². The monoisotopic (exact) mass is 230 g/mol. The number of pyridine rings is 1. The Morgan fingerprint density at radius 2 is 2.19 bits per heavy atom. The molecule has 0 spiro atoms. The van der Waals surface area contributed by atoms with Crippen LogP contribution in [-0.2, 0) is 0 Å². The van der Waals surface area contributed by atoms with Gasteiger partial charge in [0.15, 0.2) is 10.3 Å². The van der Waals surface area contributed by atoms with E-state index < -0.39 is 0 Å². The molecule has 0 bridgehead atoms.